The Hall–Kier alpha value is -1.35. The Morgan fingerprint density at radius 2 is 2.00 bits per heavy atom. The van der Waals surface area contributed by atoms with Gasteiger partial charge in [0.15, 0.2) is 0 Å². The highest BCUT2D eigenvalue weighted by Gasteiger charge is 2.12. The topological polar surface area (TPSA) is 55.1 Å². The lowest BCUT2D eigenvalue weighted by Crippen LogP contribution is -2.40. The molecule has 0 fully saturated rings. The molecule has 0 aliphatic carbocycles. The Morgan fingerprint density at radius 3 is 2.59 bits per heavy atom. The van der Waals surface area contributed by atoms with E-state index in [0.717, 1.165) is 17.5 Å². The fourth-order valence-electron chi connectivity index (χ4n) is 1.59. The predicted octanol–water partition coefficient (Wildman–Crippen LogP) is 1.96. The Balaban J connectivity index is 2.64. The highest BCUT2D eigenvalue weighted by molar-refractivity contribution is 5.95. The molecule has 0 saturated carbocycles. The van der Waals surface area contributed by atoms with E-state index in [0.29, 0.717) is 12.5 Å². The van der Waals surface area contributed by atoms with Crippen molar-refractivity contribution in [2.75, 3.05) is 6.54 Å². The van der Waals surface area contributed by atoms with Crippen molar-refractivity contribution >= 4 is 5.91 Å². The second-order valence-electron chi connectivity index (χ2n) is 4.63. The maximum absolute atomic E-state index is 12.0. The van der Waals surface area contributed by atoms with Crippen LogP contribution in [0.5, 0.6) is 0 Å². The smallest absolute Gasteiger partial charge is 0.251 e. The molecule has 0 saturated heterocycles. The summed E-state index contributed by atoms with van der Waals surface area (Å²) in [7, 11) is 0. The van der Waals surface area contributed by atoms with Gasteiger partial charge in [0, 0.05) is 18.2 Å². The first-order chi connectivity index (χ1) is 8.06. The third kappa shape index (κ3) is 3.86. The molecule has 1 atom stereocenters. The zero-order valence-corrected chi connectivity index (χ0v) is 10.9. The van der Waals surface area contributed by atoms with Gasteiger partial charge in [0.2, 0.25) is 0 Å². The van der Waals surface area contributed by atoms with Gasteiger partial charge in [-0.2, -0.15) is 0 Å². The molecular formula is C14H22N2O. The summed E-state index contributed by atoms with van der Waals surface area (Å²) in [6.45, 7) is 6.67. The Kier molecular flexibility index (Phi) is 5.16. The van der Waals surface area contributed by atoms with E-state index in [2.05, 4.69) is 19.2 Å². The number of hydrogen-bond acceptors (Lipinski definition) is 2. The molecule has 0 bridgehead atoms. The molecule has 1 unspecified atom stereocenters. The maximum atomic E-state index is 12.0. The van der Waals surface area contributed by atoms with Crippen LogP contribution in [-0.4, -0.2) is 18.5 Å². The van der Waals surface area contributed by atoms with Crippen LogP contribution in [0.25, 0.3) is 0 Å². The summed E-state index contributed by atoms with van der Waals surface area (Å²) in [6.07, 6.45) is 0.861. The zero-order valence-electron chi connectivity index (χ0n) is 10.9. The van der Waals surface area contributed by atoms with Crippen LogP contribution in [0.3, 0.4) is 0 Å². The van der Waals surface area contributed by atoms with Gasteiger partial charge in [0.05, 0.1) is 0 Å². The average Bonchev–Trinajstić information content (AvgIpc) is 2.35. The molecule has 3 nitrogen and oxygen atoms in total. The molecule has 3 heteroatoms. The molecule has 3 N–H and O–H groups in total. The standard InChI is InChI=1S/C14H22N2O/c1-4-11-7-5-6-8-12(11)14(17)16-9-13(15)10(2)3/h5-8,10,13H,4,9,15H2,1-3H3,(H,16,17). The van der Waals surface area contributed by atoms with Crippen molar-refractivity contribution in [1.82, 2.24) is 5.32 Å². The number of benzene rings is 1. The molecule has 1 aromatic carbocycles. The van der Waals surface area contributed by atoms with Gasteiger partial charge in [-0.05, 0) is 24.0 Å². The summed E-state index contributed by atoms with van der Waals surface area (Å²) in [5.74, 6) is 0.343. The van der Waals surface area contributed by atoms with Crippen molar-refractivity contribution in [1.29, 1.82) is 0 Å². The molecule has 94 valence electrons. The average molecular weight is 234 g/mol. The summed E-state index contributed by atoms with van der Waals surface area (Å²) < 4.78 is 0. The van der Waals surface area contributed by atoms with Gasteiger partial charge in [0.25, 0.3) is 5.91 Å². The van der Waals surface area contributed by atoms with Crippen LogP contribution >= 0.6 is 0 Å². The van der Waals surface area contributed by atoms with Gasteiger partial charge in [-0.1, -0.05) is 39.0 Å². The number of nitrogens with two attached hydrogens (primary N) is 1. The van der Waals surface area contributed by atoms with Crippen molar-refractivity contribution in [3.63, 3.8) is 0 Å². The number of nitrogens with one attached hydrogen (secondary N) is 1. The lowest BCUT2D eigenvalue weighted by Gasteiger charge is -2.16. The van der Waals surface area contributed by atoms with Crippen LogP contribution in [0.2, 0.25) is 0 Å². The van der Waals surface area contributed by atoms with Crippen LogP contribution in [-0.2, 0) is 6.42 Å². The molecule has 1 aromatic rings. The van der Waals surface area contributed by atoms with E-state index < -0.39 is 0 Å². The first-order valence-corrected chi connectivity index (χ1v) is 6.18. The van der Waals surface area contributed by atoms with Crippen molar-refractivity contribution in [3.05, 3.63) is 35.4 Å². The number of carbonyl (C=O) groups is 1. The summed E-state index contributed by atoms with van der Waals surface area (Å²) in [4.78, 5) is 12.0. The molecule has 1 rings (SSSR count). The molecule has 0 aliphatic rings. The van der Waals surface area contributed by atoms with E-state index >= 15 is 0 Å². The van der Waals surface area contributed by atoms with E-state index in [1.807, 2.05) is 31.2 Å². The van der Waals surface area contributed by atoms with Crippen molar-refractivity contribution in [2.45, 2.75) is 33.2 Å². The molecule has 17 heavy (non-hydrogen) atoms. The number of aryl methyl sites for hydroxylation is 1. The second-order valence-corrected chi connectivity index (χ2v) is 4.63. The number of amides is 1. The largest absolute Gasteiger partial charge is 0.350 e. The zero-order chi connectivity index (χ0) is 12.8. The summed E-state index contributed by atoms with van der Waals surface area (Å²) >= 11 is 0. The van der Waals surface area contributed by atoms with Gasteiger partial charge in [-0.3, -0.25) is 4.79 Å². The lowest BCUT2D eigenvalue weighted by molar-refractivity contribution is 0.0948. The van der Waals surface area contributed by atoms with Gasteiger partial charge < -0.3 is 11.1 Å². The molecule has 0 aromatic heterocycles. The van der Waals surface area contributed by atoms with Crippen molar-refractivity contribution in [2.24, 2.45) is 11.7 Å². The highest BCUT2D eigenvalue weighted by atomic mass is 16.1. The minimum Gasteiger partial charge on any atom is -0.350 e. The SMILES string of the molecule is CCc1ccccc1C(=O)NCC(N)C(C)C. The fourth-order valence-corrected chi connectivity index (χ4v) is 1.59. The number of carbonyl (C=O) groups excluding carboxylic acids is 1. The van der Waals surface area contributed by atoms with Gasteiger partial charge >= 0.3 is 0 Å². The van der Waals surface area contributed by atoms with E-state index in [-0.39, 0.29) is 11.9 Å². The second kappa shape index (κ2) is 6.40. The quantitative estimate of drug-likeness (QED) is 0.818. The molecule has 0 spiro atoms. The lowest BCUT2D eigenvalue weighted by atomic mass is 10.0. The van der Waals surface area contributed by atoms with Crippen molar-refractivity contribution < 1.29 is 4.79 Å². The fraction of sp³-hybridized carbons (Fsp3) is 0.500. The van der Waals surface area contributed by atoms with E-state index in [4.69, 9.17) is 5.73 Å². The Morgan fingerprint density at radius 1 is 1.35 bits per heavy atom. The third-order valence-electron chi connectivity index (χ3n) is 3.00. The highest BCUT2D eigenvalue weighted by Crippen LogP contribution is 2.09. The van der Waals surface area contributed by atoms with Crippen molar-refractivity contribution in [3.8, 4) is 0 Å². The minimum absolute atomic E-state index is 0.00717. The Bertz CT molecular complexity index is 374. The molecule has 0 aliphatic heterocycles. The third-order valence-corrected chi connectivity index (χ3v) is 3.00. The predicted molar refractivity (Wildman–Crippen MR) is 71.0 cm³/mol. The van der Waals surface area contributed by atoms with Crippen LogP contribution in [0.1, 0.15) is 36.7 Å². The van der Waals surface area contributed by atoms with Crippen LogP contribution in [0.4, 0.5) is 0 Å². The number of hydrogen-bond donors (Lipinski definition) is 2. The Labute approximate surface area is 103 Å². The van der Waals surface area contributed by atoms with Crippen LogP contribution in [0, 0.1) is 5.92 Å². The minimum atomic E-state index is -0.0291. The van der Waals surface area contributed by atoms with Crippen LogP contribution in [0.15, 0.2) is 24.3 Å². The first-order valence-electron chi connectivity index (χ1n) is 6.18. The molecular weight excluding hydrogens is 212 g/mol. The molecule has 0 radical (unpaired) electrons. The summed E-state index contributed by atoms with van der Waals surface area (Å²) in [5.41, 5.74) is 7.73. The maximum Gasteiger partial charge on any atom is 0.251 e. The summed E-state index contributed by atoms with van der Waals surface area (Å²) in [5, 5.41) is 2.89. The van der Waals surface area contributed by atoms with Gasteiger partial charge in [-0.15, -0.1) is 0 Å². The number of rotatable bonds is 5. The van der Waals surface area contributed by atoms with E-state index in [1.54, 1.807) is 0 Å². The molecule has 0 heterocycles. The van der Waals surface area contributed by atoms with Gasteiger partial charge in [0.1, 0.15) is 0 Å². The summed E-state index contributed by atoms with van der Waals surface area (Å²) in [6, 6.07) is 7.69. The van der Waals surface area contributed by atoms with Crippen LogP contribution < -0.4 is 11.1 Å². The normalized spacial score (nSPS) is 12.5. The monoisotopic (exact) mass is 234 g/mol. The molecule has 1 amide bonds. The van der Waals surface area contributed by atoms with E-state index in [9.17, 15) is 4.79 Å². The van der Waals surface area contributed by atoms with E-state index in [1.165, 1.54) is 0 Å². The van der Waals surface area contributed by atoms with Gasteiger partial charge in [-0.25, -0.2) is 0 Å². The first kappa shape index (κ1) is 13.7.